The van der Waals surface area contributed by atoms with Gasteiger partial charge in [0.2, 0.25) is 0 Å². The number of carbonyl (C=O) groups excluding carboxylic acids is 1. The maximum atomic E-state index is 13.4. The van der Waals surface area contributed by atoms with Crippen molar-refractivity contribution in [3.05, 3.63) is 114 Å². The molecule has 0 saturated heterocycles. The molecule has 3 aromatic rings. The molecule has 0 amide bonds. The van der Waals surface area contributed by atoms with Crippen LogP contribution in [-0.4, -0.2) is 20.3 Å². The minimum absolute atomic E-state index is 0.0852. The zero-order chi connectivity index (χ0) is 24.9. The molecule has 0 radical (unpaired) electrons. The molecule has 0 spiro atoms. The zero-order valence-electron chi connectivity index (χ0n) is 19.3. The average Bonchev–Trinajstić information content (AvgIpc) is 2.80. The number of nitro benzene ring substituents is 1. The number of rotatable bonds is 4. The van der Waals surface area contributed by atoms with E-state index in [0.29, 0.717) is 35.5 Å². The topological polar surface area (TPSA) is 127 Å². The van der Waals surface area contributed by atoms with Gasteiger partial charge in [0.15, 0.2) is 5.78 Å². The van der Waals surface area contributed by atoms with Crippen LogP contribution in [0, 0.1) is 15.5 Å². The summed E-state index contributed by atoms with van der Waals surface area (Å²) in [5, 5.41) is 14.5. The fourth-order valence-corrected chi connectivity index (χ4v) is 5.10. The molecule has 2 aliphatic rings. The first kappa shape index (κ1) is 22.5. The average molecular weight is 473 g/mol. The first-order valence-corrected chi connectivity index (χ1v) is 11.3. The van der Waals surface area contributed by atoms with Crippen LogP contribution < -0.4 is 16.6 Å². The number of hydrogen-bond donors (Lipinski definition) is 2. The van der Waals surface area contributed by atoms with Crippen LogP contribution in [0.5, 0.6) is 0 Å². The number of non-ortho nitro benzene ring substituents is 1. The van der Waals surface area contributed by atoms with Crippen molar-refractivity contribution in [2.75, 3.05) is 5.32 Å². The second-order valence-electron chi connectivity index (χ2n) is 9.83. The van der Waals surface area contributed by atoms with Crippen LogP contribution in [0.15, 0.2) is 75.5 Å². The number of hydrogen-bond acceptors (Lipinski definition) is 6. The molecule has 1 atom stereocenters. The number of Topliss-reactive ketones (excluding diaryl/α,β-unsaturated/α-hetero) is 1. The van der Waals surface area contributed by atoms with E-state index in [1.165, 1.54) is 16.7 Å². The number of anilines is 1. The highest BCUT2D eigenvalue weighted by Crippen LogP contribution is 2.47. The largest absolute Gasteiger partial charge is 0.344 e. The highest BCUT2D eigenvalue weighted by atomic mass is 16.6. The number of allylic oxidation sites excluding steroid dienone is 2. The molecule has 9 nitrogen and oxygen atoms in total. The van der Waals surface area contributed by atoms with Gasteiger partial charge in [0.25, 0.3) is 11.2 Å². The Kier molecular flexibility index (Phi) is 5.27. The lowest BCUT2D eigenvalue weighted by Gasteiger charge is -2.39. The van der Waals surface area contributed by atoms with Crippen LogP contribution in [-0.2, 0) is 11.3 Å². The van der Waals surface area contributed by atoms with Gasteiger partial charge in [-0.15, -0.1) is 0 Å². The lowest BCUT2D eigenvalue weighted by Crippen LogP contribution is -2.42. The number of nitro groups is 1. The standard InChI is InChI=1S/C26H24N4O5/c1-26(2)12-18-21(19(31)13-26)20(16-8-10-17(11-9-16)30(34)35)22-23(27-18)29(25(33)28-24(22)32)14-15-6-4-3-5-7-15/h3-11,20,27H,12-14H2,1-2H3,(H,28,32,33)/t20-/m0/s1. The normalized spacial score (nSPS) is 18.5. The minimum Gasteiger partial charge on any atom is -0.344 e. The summed E-state index contributed by atoms with van der Waals surface area (Å²) in [5.41, 5.74) is 1.32. The van der Waals surface area contributed by atoms with Crippen LogP contribution in [0.3, 0.4) is 0 Å². The highest BCUT2D eigenvalue weighted by molar-refractivity contribution is 6.01. The Balaban J connectivity index is 1.75. The van der Waals surface area contributed by atoms with E-state index in [-0.39, 0.29) is 29.0 Å². The number of aromatic amines is 1. The second kappa shape index (κ2) is 8.19. The maximum Gasteiger partial charge on any atom is 0.330 e. The van der Waals surface area contributed by atoms with Gasteiger partial charge in [0.1, 0.15) is 5.82 Å². The first-order valence-electron chi connectivity index (χ1n) is 11.3. The summed E-state index contributed by atoms with van der Waals surface area (Å²) < 4.78 is 1.47. The smallest absolute Gasteiger partial charge is 0.330 e. The summed E-state index contributed by atoms with van der Waals surface area (Å²) in [4.78, 5) is 52.6. The van der Waals surface area contributed by atoms with E-state index in [4.69, 9.17) is 0 Å². The number of fused-ring (bicyclic) bond motifs is 1. The summed E-state index contributed by atoms with van der Waals surface area (Å²) in [5.74, 6) is -0.495. The summed E-state index contributed by atoms with van der Waals surface area (Å²) in [6.07, 6.45) is 0.872. The van der Waals surface area contributed by atoms with E-state index in [9.17, 15) is 24.5 Å². The van der Waals surface area contributed by atoms with E-state index in [0.717, 1.165) is 5.56 Å². The lowest BCUT2D eigenvalue weighted by molar-refractivity contribution is -0.384. The van der Waals surface area contributed by atoms with Crippen molar-refractivity contribution in [3.63, 3.8) is 0 Å². The van der Waals surface area contributed by atoms with E-state index in [1.54, 1.807) is 12.1 Å². The Morgan fingerprint density at radius 1 is 1.03 bits per heavy atom. The van der Waals surface area contributed by atoms with E-state index in [2.05, 4.69) is 10.3 Å². The quantitative estimate of drug-likeness (QED) is 0.440. The van der Waals surface area contributed by atoms with Gasteiger partial charge >= 0.3 is 5.69 Å². The first-order chi connectivity index (χ1) is 16.6. The van der Waals surface area contributed by atoms with Crippen LogP contribution in [0.4, 0.5) is 11.5 Å². The van der Waals surface area contributed by atoms with Crippen molar-refractivity contribution in [1.82, 2.24) is 9.55 Å². The number of ketones is 1. The molecule has 5 rings (SSSR count). The number of aromatic nitrogens is 2. The molecule has 2 aromatic carbocycles. The van der Waals surface area contributed by atoms with Crippen LogP contribution in [0.1, 0.15) is 49.3 Å². The summed E-state index contributed by atoms with van der Waals surface area (Å²) in [6.45, 7) is 4.22. The Labute approximate surface area is 200 Å². The van der Waals surface area contributed by atoms with Gasteiger partial charge in [-0.3, -0.25) is 29.3 Å². The molecule has 178 valence electrons. The highest BCUT2D eigenvalue weighted by Gasteiger charge is 2.42. The predicted molar refractivity (Wildman–Crippen MR) is 130 cm³/mol. The van der Waals surface area contributed by atoms with Crippen LogP contribution in [0.2, 0.25) is 0 Å². The maximum absolute atomic E-state index is 13.4. The zero-order valence-corrected chi connectivity index (χ0v) is 19.3. The molecular weight excluding hydrogens is 448 g/mol. The molecule has 2 N–H and O–H groups in total. The number of nitrogens with zero attached hydrogens (tertiary/aromatic N) is 2. The lowest BCUT2D eigenvalue weighted by atomic mass is 9.69. The Morgan fingerprint density at radius 2 is 1.71 bits per heavy atom. The fraction of sp³-hybridized carbons (Fsp3) is 0.269. The SMILES string of the molecule is CC1(C)CC(=O)C2=C(C1)Nc1c(c(=O)[nH]c(=O)n1Cc1ccccc1)[C@H]2c1ccc([N+](=O)[O-])cc1. The third kappa shape index (κ3) is 3.99. The second-order valence-corrected chi connectivity index (χ2v) is 9.83. The van der Waals surface area contributed by atoms with E-state index >= 15 is 0 Å². The number of H-pyrrole nitrogens is 1. The molecule has 2 heterocycles. The molecule has 9 heteroatoms. The van der Waals surface area contributed by atoms with Gasteiger partial charge in [0, 0.05) is 35.7 Å². The molecular formula is C26H24N4O5. The van der Waals surface area contributed by atoms with Gasteiger partial charge in [-0.05, 0) is 23.0 Å². The van der Waals surface area contributed by atoms with Crippen molar-refractivity contribution < 1.29 is 9.72 Å². The van der Waals surface area contributed by atoms with Gasteiger partial charge < -0.3 is 5.32 Å². The number of benzene rings is 2. The van der Waals surface area contributed by atoms with Crippen molar-refractivity contribution >= 4 is 17.3 Å². The Bertz CT molecular complexity index is 1500. The Hall–Kier alpha value is -4.27. The fourth-order valence-electron chi connectivity index (χ4n) is 5.10. The van der Waals surface area contributed by atoms with E-state index < -0.39 is 22.1 Å². The molecule has 0 fully saturated rings. The third-order valence-electron chi connectivity index (χ3n) is 6.62. The van der Waals surface area contributed by atoms with Crippen molar-refractivity contribution in [2.45, 2.75) is 39.2 Å². The molecule has 35 heavy (non-hydrogen) atoms. The number of nitrogens with one attached hydrogen (secondary N) is 2. The Morgan fingerprint density at radius 3 is 2.37 bits per heavy atom. The van der Waals surface area contributed by atoms with Crippen molar-refractivity contribution in [1.29, 1.82) is 0 Å². The van der Waals surface area contributed by atoms with Crippen LogP contribution >= 0.6 is 0 Å². The summed E-state index contributed by atoms with van der Waals surface area (Å²) >= 11 is 0. The van der Waals surface area contributed by atoms with Crippen molar-refractivity contribution in [3.8, 4) is 0 Å². The van der Waals surface area contributed by atoms with Gasteiger partial charge in [-0.2, -0.15) is 0 Å². The molecule has 0 bridgehead atoms. The molecule has 1 aromatic heterocycles. The molecule has 1 aliphatic carbocycles. The van der Waals surface area contributed by atoms with Gasteiger partial charge in [-0.1, -0.05) is 56.3 Å². The van der Waals surface area contributed by atoms with Crippen LogP contribution in [0.25, 0.3) is 0 Å². The number of carbonyl (C=O) groups is 1. The predicted octanol–water partition coefficient (Wildman–Crippen LogP) is 3.69. The molecule has 1 aliphatic heterocycles. The van der Waals surface area contributed by atoms with Gasteiger partial charge in [0.05, 0.1) is 17.0 Å². The molecule has 0 saturated carbocycles. The summed E-state index contributed by atoms with van der Waals surface area (Å²) in [6, 6.07) is 15.3. The van der Waals surface area contributed by atoms with Gasteiger partial charge in [-0.25, -0.2) is 4.79 Å². The van der Waals surface area contributed by atoms with E-state index in [1.807, 2.05) is 44.2 Å². The summed E-state index contributed by atoms with van der Waals surface area (Å²) in [7, 11) is 0. The molecule has 0 unspecified atom stereocenters. The monoisotopic (exact) mass is 472 g/mol. The van der Waals surface area contributed by atoms with Crippen molar-refractivity contribution in [2.24, 2.45) is 5.41 Å². The third-order valence-corrected chi connectivity index (χ3v) is 6.62. The minimum atomic E-state index is -0.753.